The van der Waals surface area contributed by atoms with Crippen molar-refractivity contribution in [2.75, 3.05) is 5.32 Å². The summed E-state index contributed by atoms with van der Waals surface area (Å²) in [5.74, 6) is 0.00183. The number of nitrogens with zero attached hydrogens (tertiary/aromatic N) is 1. The second kappa shape index (κ2) is 6.02. The zero-order chi connectivity index (χ0) is 16.5. The van der Waals surface area contributed by atoms with Crippen LogP contribution in [-0.2, 0) is 16.8 Å². The molecule has 0 aliphatic carbocycles. The van der Waals surface area contributed by atoms with E-state index >= 15 is 0 Å². The number of unbranched alkanes of at least 4 members (excludes halogenated alkanes) is 1. The number of carbonyl (C=O) groups is 1. The van der Waals surface area contributed by atoms with Crippen LogP contribution in [0, 0.1) is 11.3 Å². The van der Waals surface area contributed by atoms with Crippen LogP contribution in [0.2, 0.25) is 0 Å². The fourth-order valence-corrected chi connectivity index (χ4v) is 4.50. The van der Waals surface area contributed by atoms with Crippen LogP contribution in [0.4, 0.5) is 5.00 Å². The molecular weight excluding hydrogens is 294 g/mol. The smallest absolute Gasteiger partial charge is 0.225 e. The highest BCUT2D eigenvalue weighted by atomic mass is 32.1. The van der Waals surface area contributed by atoms with E-state index in [4.69, 9.17) is 0 Å². The van der Waals surface area contributed by atoms with Crippen molar-refractivity contribution in [2.24, 2.45) is 0 Å². The number of rotatable bonds is 4. The fourth-order valence-electron chi connectivity index (χ4n) is 3.26. The highest BCUT2D eigenvalue weighted by Gasteiger charge is 2.40. The van der Waals surface area contributed by atoms with Crippen LogP contribution < -0.4 is 10.6 Å². The Labute approximate surface area is 136 Å². The average molecular weight is 319 g/mol. The van der Waals surface area contributed by atoms with Gasteiger partial charge in [-0.1, -0.05) is 13.3 Å². The molecule has 120 valence electrons. The number of amides is 1. The summed E-state index contributed by atoms with van der Waals surface area (Å²) in [6.07, 6.45) is 3.18. The minimum absolute atomic E-state index is 0.00183. The third-order valence-corrected chi connectivity index (χ3v) is 5.44. The lowest BCUT2D eigenvalue weighted by molar-refractivity contribution is -0.116. The lowest BCUT2D eigenvalue weighted by atomic mass is 9.81. The van der Waals surface area contributed by atoms with Gasteiger partial charge in [0.2, 0.25) is 5.91 Å². The Balaban J connectivity index is 2.38. The highest BCUT2D eigenvalue weighted by molar-refractivity contribution is 7.17. The number of hydrogen-bond acceptors (Lipinski definition) is 4. The van der Waals surface area contributed by atoms with Gasteiger partial charge < -0.3 is 10.6 Å². The first-order valence-corrected chi connectivity index (χ1v) is 8.67. The predicted molar refractivity (Wildman–Crippen MR) is 91.1 cm³/mol. The number of anilines is 1. The topological polar surface area (TPSA) is 64.9 Å². The normalized spacial score (nSPS) is 18.4. The summed E-state index contributed by atoms with van der Waals surface area (Å²) >= 11 is 1.54. The van der Waals surface area contributed by atoms with Gasteiger partial charge in [-0.05, 0) is 46.1 Å². The molecule has 0 spiro atoms. The Morgan fingerprint density at radius 2 is 2.09 bits per heavy atom. The minimum Gasteiger partial charge on any atom is -0.317 e. The van der Waals surface area contributed by atoms with Gasteiger partial charge in [0, 0.05) is 22.4 Å². The Hall–Kier alpha value is -1.38. The van der Waals surface area contributed by atoms with E-state index in [2.05, 4.69) is 51.3 Å². The van der Waals surface area contributed by atoms with E-state index < -0.39 is 0 Å². The molecule has 0 bridgehead atoms. The fraction of sp³-hybridized carbons (Fsp3) is 0.647. The molecule has 22 heavy (non-hydrogen) atoms. The Morgan fingerprint density at radius 1 is 1.41 bits per heavy atom. The zero-order valence-corrected chi connectivity index (χ0v) is 14.9. The van der Waals surface area contributed by atoms with Crippen LogP contribution in [0.3, 0.4) is 0 Å². The average Bonchev–Trinajstić information content (AvgIpc) is 2.72. The van der Waals surface area contributed by atoms with Gasteiger partial charge in [0.15, 0.2) is 0 Å². The standard InChI is InChI=1S/C17H25N3OS/c1-6-7-8-13(21)19-15-12(10-18)11-9-16(2,3)20-17(4,5)14(11)22-15/h20H,6-9H2,1-5H3,(H,19,21). The molecule has 1 aliphatic heterocycles. The van der Waals surface area contributed by atoms with Gasteiger partial charge in [0.25, 0.3) is 0 Å². The van der Waals surface area contributed by atoms with Crippen LogP contribution in [0.5, 0.6) is 0 Å². The summed E-state index contributed by atoms with van der Waals surface area (Å²) in [4.78, 5) is 13.2. The van der Waals surface area contributed by atoms with E-state index in [0.717, 1.165) is 29.7 Å². The maximum absolute atomic E-state index is 12.0. The van der Waals surface area contributed by atoms with Gasteiger partial charge in [-0.25, -0.2) is 0 Å². The minimum atomic E-state index is -0.195. The van der Waals surface area contributed by atoms with Crippen LogP contribution in [0.15, 0.2) is 0 Å². The maximum atomic E-state index is 12.0. The monoisotopic (exact) mass is 319 g/mol. The van der Waals surface area contributed by atoms with Gasteiger partial charge in [0.1, 0.15) is 11.1 Å². The van der Waals surface area contributed by atoms with Crippen molar-refractivity contribution < 1.29 is 4.79 Å². The van der Waals surface area contributed by atoms with E-state index in [1.807, 2.05) is 0 Å². The molecule has 0 unspecified atom stereocenters. The molecule has 0 atom stereocenters. The lowest BCUT2D eigenvalue weighted by Crippen LogP contribution is -2.54. The maximum Gasteiger partial charge on any atom is 0.225 e. The van der Waals surface area contributed by atoms with E-state index in [0.29, 0.717) is 17.0 Å². The highest BCUT2D eigenvalue weighted by Crippen LogP contribution is 2.44. The molecule has 4 nitrogen and oxygen atoms in total. The van der Waals surface area contributed by atoms with Gasteiger partial charge in [0.05, 0.1) is 5.56 Å². The van der Waals surface area contributed by atoms with E-state index in [9.17, 15) is 10.1 Å². The van der Waals surface area contributed by atoms with E-state index in [-0.39, 0.29) is 17.0 Å². The van der Waals surface area contributed by atoms with Crippen LogP contribution in [-0.4, -0.2) is 11.4 Å². The number of hydrogen-bond donors (Lipinski definition) is 2. The summed E-state index contributed by atoms with van der Waals surface area (Å²) in [5, 5.41) is 16.9. The molecule has 1 aliphatic rings. The lowest BCUT2D eigenvalue weighted by Gasteiger charge is -2.42. The molecule has 2 rings (SSSR count). The van der Waals surface area contributed by atoms with Crippen molar-refractivity contribution in [2.45, 2.75) is 71.4 Å². The van der Waals surface area contributed by atoms with Crippen LogP contribution in [0.1, 0.15) is 69.9 Å². The Bertz CT molecular complexity index is 623. The molecule has 0 radical (unpaired) electrons. The van der Waals surface area contributed by atoms with Crippen molar-refractivity contribution in [1.29, 1.82) is 5.26 Å². The van der Waals surface area contributed by atoms with Gasteiger partial charge >= 0.3 is 0 Å². The molecule has 0 saturated heterocycles. The zero-order valence-electron chi connectivity index (χ0n) is 14.1. The van der Waals surface area contributed by atoms with Crippen molar-refractivity contribution >= 4 is 22.2 Å². The molecule has 0 fully saturated rings. The second-order valence-electron chi connectivity index (χ2n) is 7.19. The molecule has 0 saturated carbocycles. The number of nitrogens with one attached hydrogen (secondary N) is 2. The van der Waals surface area contributed by atoms with Gasteiger partial charge in [-0.2, -0.15) is 5.26 Å². The van der Waals surface area contributed by atoms with Crippen molar-refractivity contribution in [3.05, 3.63) is 16.0 Å². The summed E-state index contributed by atoms with van der Waals surface area (Å²) in [6, 6.07) is 2.31. The third-order valence-electron chi connectivity index (χ3n) is 3.97. The molecular formula is C17H25N3OS. The van der Waals surface area contributed by atoms with Crippen molar-refractivity contribution in [3.8, 4) is 6.07 Å². The SMILES string of the molecule is CCCCC(=O)Nc1sc2c(c1C#N)CC(C)(C)NC2(C)C. The van der Waals surface area contributed by atoms with Crippen LogP contribution >= 0.6 is 11.3 Å². The first-order chi connectivity index (χ1) is 10.2. The molecule has 0 aromatic carbocycles. The Kier molecular flexibility index (Phi) is 4.65. The molecule has 2 heterocycles. The van der Waals surface area contributed by atoms with Crippen molar-refractivity contribution in [3.63, 3.8) is 0 Å². The predicted octanol–water partition coefficient (Wildman–Crippen LogP) is 3.91. The molecule has 1 amide bonds. The molecule has 2 N–H and O–H groups in total. The Morgan fingerprint density at radius 3 is 2.68 bits per heavy atom. The number of carbonyl (C=O) groups excluding carboxylic acids is 1. The number of nitriles is 1. The largest absolute Gasteiger partial charge is 0.317 e. The second-order valence-corrected chi connectivity index (χ2v) is 8.21. The quantitative estimate of drug-likeness (QED) is 0.884. The first-order valence-electron chi connectivity index (χ1n) is 7.85. The van der Waals surface area contributed by atoms with Gasteiger partial charge in [-0.3, -0.25) is 4.79 Å². The van der Waals surface area contributed by atoms with Crippen molar-refractivity contribution in [1.82, 2.24) is 5.32 Å². The summed E-state index contributed by atoms with van der Waals surface area (Å²) in [6.45, 7) is 10.6. The number of fused-ring (bicyclic) bond motifs is 1. The summed E-state index contributed by atoms with van der Waals surface area (Å²) in [7, 11) is 0. The molecule has 1 aromatic rings. The van der Waals surface area contributed by atoms with Crippen LogP contribution in [0.25, 0.3) is 0 Å². The van der Waals surface area contributed by atoms with Gasteiger partial charge in [-0.15, -0.1) is 11.3 Å². The van der Waals surface area contributed by atoms with E-state index in [1.54, 1.807) is 0 Å². The molecule has 1 aromatic heterocycles. The summed E-state index contributed by atoms with van der Waals surface area (Å²) in [5.41, 5.74) is 1.48. The molecule has 5 heteroatoms. The number of thiophene rings is 1. The summed E-state index contributed by atoms with van der Waals surface area (Å²) < 4.78 is 0. The van der Waals surface area contributed by atoms with E-state index in [1.165, 1.54) is 11.3 Å². The third kappa shape index (κ3) is 3.34. The first kappa shape index (κ1) is 17.0.